The van der Waals surface area contributed by atoms with E-state index in [2.05, 4.69) is 13.0 Å². The van der Waals surface area contributed by atoms with E-state index in [9.17, 15) is 30.0 Å². The molecule has 0 aromatic heterocycles. The molecule has 0 aliphatic heterocycles. The lowest BCUT2D eigenvalue weighted by atomic mass is 9.44. The van der Waals surface area contributed by atoms with Crippen LogP contribution >= 0.6 is 0 Å². The van der Waals surface area contributed by atoms with Gasteiger partial charge in [-0.05, 0) is 49.9 Å². The largest absolute Gasteiger partial charge is 0.394 e. The van der Waals surface area contributed by atoms with Crippen molar-refractivity contribution in [2.45, 2.75) is 70.2 Å². The Hall–Kier alpha value is -1.08. The van der Waals surface area contributed by atoms with Gasteiger partial charge in [-0.2, -0.15) is 0 Å². The Kier molecular flexibility index (Phi) is 5.40. The molecular weight excluding hydrogens is 348 g/mol. The number of rotatable bonds is 5. The summed E-state index contributed by atoms with van der Waals surface area (Å²) >= 11 is 0. The molecule has 2 saturated carbocycles. The summed E-state index contributed by atoms with van der Waals surface area (Å²) in [4.78, 5) is 24.0. The Bertz CT molecular complexity index is 632. The summed E-state index contributed by atoms with van der Waals surface area (Å²) in [7, 11) is 0. The quantitative estimate of drug-likeness (QED) is 0.418. The molecule has 0 aromatic rings. The summed E-state index contributed by atoms with van der Waals surface area (Å²) in [6, 6.07) is 0. The molecule has 4 N–H and O–H groups in total. The van der Waals surface area contributed by atoms with Crippen LogP contribution in [0.4, 0.5) is 0 Å². The zero-order valence-corrected chi connectivity index (χ0v) is 16.2. The van der Waals surface area contributed by atoms with Gasteiger partial charge in [-0.3, -0.25) is 0 Å². The third kappa shape index (κ3) is 2.84. The first-order chi connectivity index (χ1) is 12.7. The highest BCUT2D eigenvalue weighted by atomic mass is 16.3. The highest BCUT2D eigenvalue weighted by Crippen LogP contribution is 2.63. The van der Waals surface area contributed by atoms with Crippen molar-refractivity contribution in [3.05, 3.63) is 11.6 Å². The molecule has 0 radical (unpaired) electrons. The minimum Gasteiger partial charge on any atom is -0.394 e. The van der Waals surface area contributed by atoms with Crippen LogP contribution in [0.15, 0.2) is 11.6 Å². The van der Waals surface area contributed by atoms with Crippen molar-refractivity contribution in [3.63, 3.8) is 0 Å². The van der Waals surface area contributed by atoms with Crippen molar-refractivity contribution in [3.8, 4) is 0 Å². The van der Waals surface area contributed by atoms with Gasteiger partial charge in [0, 0.05) is 11.3 Å². The first kappa shape index (κ1) is 20.6. The van der Waals surface area contributed by atoms with Crippen LogP contribution < -0.4 is 0 Å². The Morgan fingerprint density at radius 1 is 1.22 bits per heavy atom. The normalized spacial score (nSPS) is 46.4. The fraction of sp³-hybridized carbons (Fsp3) is 0.810. The van der Waals surface area contributed by atoms with Crippen molar-refractivity contribution in [1.82, 2.24) is 0 Å². The van der Waals surface area contributed by atoms with Crippen molar-refractivity contribution in [2.75, 3.05) is 6.61 Å². The van der Waals surface area contributed by atoms with Gasteiger partial charge >= 0.3 is 0 Å². The van der Waals surface area contributed by atoms with E-state index in [4.69, 9.17) is 0 Å². The van der Waals surface area contributed by atoms with E-state index in [-0.39, 0.29) is 23.4 Å². The third-order valence-electron chi connectivity index (χ3n) is 8.23. The maximum Gasteiger partial charge on any atom is 0.152 e. The van der Waals surface area contributed by atoms with E-state index < -0.39 is 29.6 Å². The van der Waals surface area contributed by atoms with E-state index in [1.165, 1.54) is 5.57 Å². The summed E-state index contributed by atoms with van der Waals surface area (Å²) in [5.74, 6) is -1.30. The molecule has 3 aliphatic rings. The molecule has 3 aliphatic carbocycles. The molecule has 2 fully saturated rings. The SMILES string of the molecule is C[C@]12CC[C@H](O)CC1=CC[C@@H]1[C@@H]2CC[C@](C)([C@@H](C=O)[C@H](O)CO)[C@]1(O)C=O. The Morgan fingerprint density at radius 3 is 2.52 bits per heavy atom. The lowest BCUT2D eigenvalue weighted by Crippen LogP contribution is -2.66. The molecule has 0 spiro atoms. The summed E-state index contributed by atoms with van der Waals surface area (Å²) in [6.07, 6.45) is 5.33. The van der Waals surface area contributed by atoms with E-state index in [0.717, 1.165) is 12.8 Å². The van der Waals surface area contributed by atoms with E-state index in [1.807, 2.05) is 0 Å². The van der Waals surface area contributed by atoms with Gasteiger partial charge in [0.2, 0.25) is 0 Å². The first-order valence-corrected chi connectivity index (χ1v) is 9.98. The van der Waals surface area contributed by atoms with Crippen LogP contribution in [0.25, 0.3) is 0 Å². The number of fused-ring (bicyclic) bond motifs is 3. The van der Waals surface area contributed by atoms with Crippen molar-refractivity contribution in [1.29, 1.82) is 0 Å². The average molecular weight is 380 g/mol. The predicted octanol–water partition coefficient (Wildman–Crippen LogP) is 0.998. The van der Waals surface area contributed by atoms with Crippen LogP contribution in [0, 0.1) is 28.6 Å². The molecular formula is C21H32O6. The van der Waals surface area contributed by atoms with Gasteiger partial charge < -0.3 is 30.0 Å². The molecule has 152 valence electrons. The van der Waals surface area contributed by atoms with Gasteiger partial charge in [0.15, 0.2) is 6.29 Å². The monoisotopic (exact) mass is 380 g/mol. The molecule has 27 heavy (non-hydrogen) atoms. The summed E-state index contributed by atoms with van der Waals surface area (Å²) in [5, 5.41) is 41.2. The van der Waals surface area contributed by atoms with Crippen LogP contribution in [0.3, 0.4) is 0 Å². The van der Waals surface area contributed by atoms with Crippen molar-refractivity contribution < 1.29 is 30.0 Å². The number of allylic oxidation sites excluding steroid dienone is 1. The fourth-order valence-electron chi connectivity index (χ4n) is 6.35. The second-order valence-electron chi connectivity index (χ2n) is 9.30. The zero-order chi connectivity index (χ0) is 20.0. The predicted molar refractivity (Wildman–Crippen MR) is 98.6 cm³/mol. The molecule has 0 heterocycles. The molecule has 6 heteroatoms. The second kappa shape index (κ2) is 7.07. The Labute approximate surface area is 160 Å². The maximum absolute atomic E-state index is 12.2. The van der Waals surface area contributed by atoms with Crippen LogP contribution in [0.1, 0.15) is 52.4 Å². The summed E-state index contributed by atoms with van der Waals surface area (Å²) in [6.45, 7) is 3.25. The molecule has 8 atom stereocenters. The van der Waals surface area contributed by atoms with E-state index in [1.54, 1.807) is 6.92 Å². The molecule has 0 amide bonds. The fourth-order valence-corrected chi connectivity index (χ4v) is 6.35. The number of carbonyl (C=O) groups excluding carboxylic acids is 2. The number of aldehydes is 2. The van der Waals surface area contributed by atoms with Crippen LogP contribution in [0.2, 0.25) is 0 Å². The molecule has 0 bridgehead atoms. The van der Waals surface area contributed by atoms with E-state index >= 15 is 0 Å². The van der Waals surface area contributed by atoms with Crippen LogP contribution in [-0.2, 0) is 9.59 Å². The lowest BCUT2D eigenvalue weighted by Gasteiger charge is -2.61. The first-order valence-electron chi connectivity index (χ1n) is 9.98. The third-order valence-corrected chi connectivity index (χ3v) is 8.23. The number of hydrogen-bond acceptors (Lipinski definition) is 6. The maximum atomic E-state index is 12.2. The van der Waals surface area contributed by atoms with Crippen LogP contribution in [0.5, 0.6) is 0 Å². The Balaban J connectivity index is 2.03. The zero-order valence-electron chi connectivity index (χ0n) is 16.2. The molecule has 0 unspecified atom stereocenters. The number of aliphatic hydroxyl groups is 4. The lowest BCUT2D eigenvalue weighted by molar-refractivity contribution is -0.204. The average Bonchev–Trinajstić information content (AvgIpc) is 2.65. The standard InChI is InChI=1S/C21H32O6/c1-19-7-5-14(25)9-13(19)3-4-16-15(19)6-8-20(2,21(16,27)12-24)17(10-22)18(26)11-23/h3,10,12,14-18,23,25-27H,4-9,11H2,1-2H3/t14-,15-,16+,17-,18+,19-,20+,21-/m0/s1. The Morgan fingerprint density at radius 2 is 1.93 bits per heavy atom. The van der Waals surface area contributed by atoms with Crippen LogP contribution in [-0.4, -0.2) is 57.4 Å². The minimum absolute atomic E-state index is 0.0758. The van der Waals surface area contributed by atoms with Gasteiger partial charge in [0.1, 0.15) is 11.9 Å². The van der Waals surface area contributed by atoms with Gasteiger partial charge in [0.25, 0.3) is 0 Å². The van der Waals surface area contributed by atoms with Crippen molar-refractivity contribution >= 4 is 12.6 Å². The number of carbonyl (C=O) groups is 2. The molecule has 0 aromatic carbocycles. The molecule has 0 saturated heterocycles. The molecule has 6 nitrogen and oxygen atoms in total. The number of aliphatic hydroxyl groups excluding tert-OH is 3. The highest BCUT2D eigenvalue weighted by molar-refractivity contribution is 5.69. The van der Waals surface area contributed by atoms with Gasteiger partial charge in [-0.15, -0.1) is 0 Å². The van der Waals surface area contributed by atoms with Gasteiger partial charge in [-0.1, -0.05) is 25.5 Å². The second-order valence-corrected chi connectivity index (χ2v) is 9.30. The van der Waals surface area contributed by atoms with Gasteiger partial charge in [-0.25, -0.2) is 0 Å². The molecule has 3 rings (SSSR count). The van der Waals surface area contributed by atoms with Crippen molar-refractivity contribution in [2.24, 2.45) is 28.6 Å². The summed E-state index contributed by atoms with van der Waals surface area (Å²) in [5.41, 5.74) is -1.87. The minimum atomic E-state index is -1.77. The topological polar surface area (TPSA) is 115 Å². The summed E-state index contributed by atoms with van der Waals surface area (Å²) < 4.78 is 0. The number of hydrogen-bond donors (Lipinski definition) is 4. The smallest absolute Gasteiger partial charge is 0.152 e. The van der Waals surface area contributed by atoms with E-state index in [0.29, 0.717) is 38.3 Å². The highest BCUT2D eigenvalue weighted by Gasteiger charge is 2.64. The van der Waals surface area contributed by atoms with Gasteiger partial charge in [0.05, 0.1) is 24.7 Å².